The van der Waals surface area contributed by atoms with Gasteiger partial charge in [-0.1, -0.05) is 5.16 Å². The van der Waals surface area contributed by atoms with Gasteiger partial charge in [-0.25, -0.2) is 9.18 Å². The highest BCUT2D eigenvalue weighted by Gasteiger charge is 2.42. The van der Waals surface area contributed by atoms with Crippen LogP contribution in [0.15, 0.2) is 22.7 Å². The smallest absolute Gasteiger partial charge is 0.454 e. The quantitative estimate of drug-likeness (QED) is 0.668. The van der Waals surface area contributed by atoms with E-state index in [9.17, 15) is 22.4 Å². The molecule has 0 aliphatic carbocycles. The minimum absolute atomic E-state index is 0.192. The molecular weight excluding hydrogens is 384 g/mol. The number of nitrogens with one attached hydrogen (secondary N) is 1. The average molecular weight is 404 g/mol. The molecule has 0 bridgehead atoms. The van der Waals surface area contributed by atoms with Crippen LogP contribution in [0.25, 0.3) is 11.3 Å². The molecule has 1 aromatic carbocycles. The molecule has 0 saturated carbocycles. The van der Waals surface area contributed by atoms with E-state index in [2.05, 4.69) is 9.68 Å². The lowest BCUT2D eigenvalue weighted by Gasteiger charge is -2.20. The van der Waals surface area contributed by atoms with Crippen LogP contribution in [-0.2, 0) is 10.9 Å². The van der Waals surface area contributed by atoms with Crippen LogP contribution in [0.3, 0.4) is 0 Å². The summed E-state index contributed by atoms with van der Waals surface area (Å²) in [6.45, 7) is 8.10. The van der Waals surface area contributed by atoms with Gasteiger partial charge >= 0.3 is 12.3 Å². The van der Waals surface area contributed by atoms with Crippen molar-refractivity contribution in [2.75, 3.05) is 5.32 Å². The fourth-order valence-corrected chi connectivity index (χ4v) is 2.22. The molecular formula is C18H20F4N2O4. The molecule has 1 aromatic heterocycles. The van der Waals surface area contributed by atoms with Gasteiger partial charge < -0.3 is 14.0 Å². The Morgan fingerprint density at radius 2 is 1.86 bits per heavy atom. The number of hydrogen-bond acceptors (Lipinski definition) is 5. The molecule has 2 aromatic rings. The highest BCUT2D eigenvalue weighted by atomic mass is 19.4. The number of benzene rings is 1. The minimum atomic E-state index is -4.97. The van der Waals surface area contributed by atoms with Gasteiger partial charge in [-0.05, 0) is 46.8 Å². The van der Waals surface area contributed by atoms with Crippen LogP contribution in [-0.4, -0.2) is 23.0 Å². The van der Waals surface area contributed by atoms with Crippen molar-refractivity contribution in [3.05, 3.63) is 29.8 Å². The molecule has 1 heterocycles. The third-order valence-corrected chi connectivity index (χ3v) is 3.14. The summed E-state index contributed by atoms with van der Waals surface area (Å²) in [6.07, 6.45) is -6.35. The number of rotatable bonds is 4. The van der Waals surface area contributed by atoms with Crippen LogP contribution in [0.5, 0.6) is 5.75 Å². The lowest BCUT2D eigenvalue weighted by molar-refractivity contribution is -0.154. The summed E-state index contributed by atoms with van der Waals surface area (Å²) in [6, 6.07) is 3.57. The van der Waals surface area contributed by atoms with Gasteiger partial charge in [0.2, 0.25) is 0 Å². The second-order valence-corrected chi connectivity index (χ2v) is 7.17. The summed E-state index contributed by atoms with van der Waals surface area (Å²) >= 11 is 0. The van der Waals surface area contributed by atoms with Gasteiger partial charge in [-0.2, -0.15) is 13.2 Å². The van der Waals surface area contributed by atoms with Crippen molar-refractivity contribution in [2.24, 2.45) is 0 Å². The Bertz CT molecular complexity index is 854. The second kappa shape index (κ2) is 7.69. The SMILES string of the molecule is CC(C)Oc1ccc(-c2noc(C(F)(F)F)c2NC(=O)OC(C)(C)C)c(F)c1. The minimum Gasteiger partial charge on any atom is -0.491 e. The highest BCUT2D eigenvalue weighted by Crippen LogP contribution is 2.41. The van der Waals surface area contributed by atoms with Crippen LogP contribution in [0.2, 0.25) is 0 Å². The lowest BCUT2D eigenvalue weighted by atomic mass is 10.1. The number of carbonyl (C=O) groups is 1. The first-order chi connectivity index (χ1) is 12.8. The van der Waals surface area contributed by atoms with E-state index < -0.39 is 40.8 Å². The average Bonchev–Trinajstić information content (AvgIpc) is 2.88. The number of carbonyl (C=O) groups excluding carboxylic acids is 1. The van der Waals surface area contributed by atoms with Crippen LogP contribution >= 0.6 is 0 Å². The first-order valence-electron chi connectivity index (χ1n) is 8.31. The maximum Gasteiger partial charge on any atom is 0.454 e. The van der Waals surface area contributed by atoms with Crippen molar-refractivity contribution >= 4 is 11.8 Å². The zero-order valence-electron chi connectivity index (χ0n) is 15.9. The van der Waals surface area contributed by atoms with E-state index >= 15 is 0 Å². The second-order valence-electron chi connectivity index (χ2n) is 7.17. The molecule has 1 N–H and O–H groups in total. The third-order valence-electron chi connectivity index (χ3n) is 3.14. The molecule has 0 fully saturated rings. The molecule has 0 saturated heterocycles. The Kier molecular flexibility index (Phi) is 5.91. The van der Waals surface area contributed by atoms with Gasteiger partial charge in [0, 0.05) is 11.6 Å². The van der Waals surface area contributed by atoms with Crippen LogP contribution in [0.4, 0.5) is 28.0 Å². The number of alkyl halides is 3. The molecule has 0 aliphatic heterocycles. The number of anilines is 1. The molecule has 0 radical (unpaired) electrons. The van der Waals surface area contributed by atoms with E-state index in [0.717, 1.165) is 6.07 Å². The molecule has 0 spiro atoms. The zero-order chi connectivity index (χ0) is 21.3. The highest BCUT2D eigenvalue weighted by molar-refractivity contribution is 5.91. The van der Waals surface area contributed by atoms with Crippen molar-refractivity contribution in [3.63, 3.8) is 0 Å². The van der Waals surface area contributed by atoms with Crippen molar-refractivity contribution in [1.29, 1.82) is 0 Å². The van der Waals surface area contributed by atoms with Crippen LogP contribution in [0, 0.1) is 5.82 Å². The van der Waals surface area contributed by atoms with Crippen LogP contribution in [0.1, 0.15) is 40.4 Å². The third kappa shape index (κ3) is 5.37. The predicted octanol–water partition coefficient (Wildman–Crippen LogP) is 5.63. The van der Waals surface area contributed by atoms with Gasteiger partial charge in [0.05, 0.1) is 6.10 Å². The molecule has 0 aliphatic rings. The Hall–Kier alpha value is -2.78. The van der Waals surface area contributed by atoms with Crippen molar-refractivity contribution in [1.82, 2.24) is 5.16 Å². The van der Waals surface area contributed by atoms with Crippen molar-refractivity contribution in [3.8, 4) is 17.0 Å². The number of nitrogens with zero attached hydrogens (tertiary/aromatic N) is 1. The molecule has 6 nitrogen and oxygen atoms in total. The van der Waals surface area contributed by atoms with Gasteiger partial charge in [0.25, 0.3) is 5.76 Å². The van der Waals surface area contributed by atoms with Crippen molar-refractivity contribution < 1.29 is 36.4 Å². The molecule has 1 amide bonds. The Labute approximate surface area is 158 Å². The van der Waals surface area contributed by atoms with E-state index in [1.54, 1.807) is 34.6 Å². The monoisotopic (exact) mass is 404 g/mol. The summed E-state index contributed by atoms with van der Waals surface area (Å²) in [7, 11) is 0. The summed E-state index contributed by atoms with van der Waals surface area (Å²) in [4.78, 5) is 12.0. The molecule has 0 atom stereocenters. The summed E-state index contributed by atoms with van der Waals surface area (Å²) in [5.74, 6) is -2.28. The van der Waals surface area contributed by atoms with Gasteiger partial charge in [0.1, 0.15) is 28.5 Å². The van der Waals surface area contributed by atoms with Gasteiger partial charge in [-0.3, -0.25) is 5.32 Å². The normalized spacial score (nSPS) is 12.2. The number of aromatic nitrogens is 1. The first-order valence-corrected chi connectivity index (χ1v) is 8.31. The summed E-state index contributed by atoms with van der Waals surface area (Å²) < 4.78 is 68.9. The molecule has 28 heavy (non-hydrogen) atoms. The maximum atomic E-state index is 14.5. The van der Waals surface area contributed by atoms with E-state index in [1.807, 2.05) is 5.32 Å². The van der Waals surface area contributed by atoms with E-state index in [0.29, 0.717) is 0 Å². The number of amides is 1. The Balaban J connectivity index is 2.47. The van der Waals surface area contributed by atoms with Crippen LogP contribution < -0.4 is 10.1 Å². The molecule has 2 rings (SSSR count). The van der Waals surface area contributed by atoms with E-state index in [4.69, 9.17) is 9.47 Å². The molecule has 0 unspecified atom stereocenters. The Morgan fingerprint density at radius 1 is 1.21 bits per heavy atom. The van der Waals surface area contributed by atoms with Crippen molar-refractivity contribution in [2.45, 2.75) is 52.5 Å². The summed E-state index contributed by atoms with van der Waals surface area (Å²) in [5.41, 5.74) is -2.62. The maximum absolute atomic E-state index is 14.5. The van der Waals surface area contributed by atoms with E-state index in [-0.39, 0.29) is 17.4 Å². The fourth-order valence-electron chi connectivity index (χ4n) is 2.22. The first kappa shape index (κ1) is 21.5. The zero-order valence-corrected chi connectivity index (χ0v) is 15.9. The number of halogens is 4. The topological polar surface area (TPSA) is 73.6 Å². The lowest BCUT2D eigenvalue weighted by Crippen LogP contribution is -2.28. The largest absolute Gasteiger partial charge is 0.491 e. The fraction of sp³-hybridized carbons (Fsp3) is 0.444. The van der Waals surface area contributed by atoms with Gasteiger partial charge in [-0.15, -0.1) is 0 Å². The predicted molar refractivity (Wildman–Crippen MR) is 92.5 cm³/mol. The summed E-state index contributed by atoms with van der Waals surface area (Å²) in [5, 5.41) is 5.27. The van der Waals surface area contributed by atoms with E-state index in [1.165, 1.54) is 12.1 Å². The number of ether oxygens (including phenoxy) is 2. The Morgan fingerprint density at radius 3 is 2.36 bits per heavy atom. The van der Waals surface area contributed by atoms with Gasteiger partial charge in [0.15, 0.2) is 0 Å². The molecule has 154 valence electrons. The molecule has 10 heteroatoms. The number of hydrogen-bond donors (Lipinski definition) is 1. The standard InChI is InChI=1S/C18H20F4N2O4/c1-9(2)26-10-6-7-11(12(19)8-10)13-14(15(28-24-13)18(20,21)22)23-16(25)27-17(3,4)5/h6-9H,1-5H3,(H,23,25).